The lowest BCUT2D eigenvalue weighted by atomic mass is 9.97. The third-order valence-electron chi connectivity index (χ3n) is 5.77. The van der Waals surface area contributed by atoms with Gasteiger partial charge in [-0.1, -0.05) is 63.1 Å². The molecule has 0 radical (unpaired) electrons. The Morgan fingerprint density at radius 3 is 2.32 bits per heavy atom. The maximum Gasteiger partial charge on any atom is 0.194 e. The van der Waals surface area contributed by atoms with Gasteiger partial charge in [0.15, 0.2) is 14.1 Å². The lowest BCUT2D eigenvalue weighted by molar-refractivity contribution is 0.0913. The van der Waals surface area contributed by atoms with Crippen LogP contribution in [0, 0.1) is 12.3 Å². The Bertz CT molecular complexity index is 677. The number of carbonyl (C=O) groups is 1. The van der Waals surface area contributed by atoms with Crippen LogP contribution in [0.2, 0.25) is 18.1 Å². The maximum atomic E-state index is 12.3. The molecule has 0 bridgehead atoms. The predicted molar refractivity (Wildman–Crippen MR) is 120 cm³/mol. The zero-order chi connectivity index (χ0) is 21.2. The van der Waals surface area contributed by atoms with Crippen molar-refractivity contribution < 1.29 is 14.3 Å². The van der Waals surface area contributed by atoms with E-state index in [0.717, 1.165) is 23.7 Å². The first-order valence-electron chi connectivity index (χ1n) is 10.4. The van der Waals surface area contributed by atoms with Crippen LogP contribution in [0.5, 0.6) is 0 Å². The average Bonchev–Trinajstić information content (AvgIpc) is 2.72. The van der Waals surface area contributed by atoms with Crippen LogP contribution in [-0.4, -0.2) is 30.9 Å². The Kier molecular flexibility index (Phi) is 9.88. The summed E-state index contributed by atoms with van der Waals surface area (Å²) in [6.45, 7) is 10.4. The molecule has 0 heterocycles. The van der Waals surface area contributed by atoms with Gasteiger partial charge in [-0.2, -0.15) is 0 Å². The summed E-state index contributed by atoms with van der Waals surface area (Å²) in [5.74, 6) is 2.81. The van der Waals surface area contributed by atoms with E-state index in [0.29, 0.717) is 18.4 Å². The highest BCUT2D eigenvalue weighted by atomic mass is 28.4. The van der Waals surface area contributed by atoms with Gasteiger partial charge >= 0.3 is 0 Å². The smallest absolute Gasteiger partial charge is 0.194 e. The van der Waals surface area contributed by atoms with Crippen LogP contribution >= 0.6 is 0 Å². The highest BCUT2D eigenvalue weighted by Gasteiger charge is 2.36. The standard InChI is InChI=1S/C24H36O3Si/c1-7-24(6,27-28(8-2,9-3)10-4)18-14-15-20(5)22(25)19-23(26)21-16-12-11-13-17-21/h1,11-13,15-17,22,25H,8-10,14,18-19H2,2-6H3/b20-15+/t22?,24-/m1/s1. The van der Waals surface area contributed by atoms with E-state index in [2.05, 4.69) is 26.7 Å². The Morgan fingerprint density at radius 1 is 1.25 bits per heavy atom. The molecule has 0 amide bonds. The van der Waals surface area contributed by atoms with Gasteiger partial charge < -0.3 is 9.53 Å². The van der Waals surface area contributed by atoms with Crippen molar-refractivity contribution in [2.45, 2.75) is 83.7 Å². The van der Waals surface area contributed by atoms with E-state index in [1.165, 1.54) is 0 Å². The SMILES string of the molecule is C#C[C@](C)(CC/C=C(\C)C(O)CC(=O)c1ccccc1)O[Si](CC)(CC)CC. The minimum atomic E-state index is -1.79. The first-order valence-corrected chi connectivity index (χ1v) is 12.9. The Balaban J connectivity index is 2.68. The molecule has 1 N–H and O–H groups in total. The molecule has 0 fully saturated rings. The van der Waals surface area contributed by atoms with Crippen molar-refractivity contribution in [1.82, 2.24) is 0 Å². The molecule has 4 heteroatoms. The summed E-state index contributed by atoms with van der Waals surface area (Å²) in [4.78, 5) is 12.3. The van der Waals surface area contributed by atoms with Crippen LogP contribution < -0.4 is 0 Å². The van der Waals surface area contributed by atoms with Gasteiger partial charge in [-0.25, -0.2) is 0 Å². The van der Waals surface area contributed by atoms with Crippen LogP contribution in [0.25, 0.3) is 0 Å². The molecule has 3 nitrogen and oxygen atoms in total. The number of aliphatic hydroxyl groups excluding tert-OH is 1. The zero-order valence-electron chi connectivity index (χ0n) is 18.1. The summed E-state index contributed by atoms with van der Waals surface area (Å²) in [5.41, 5.74) is 0.840. The van der Waals surface area contributed by atoms with Crippen molar-refractivity contribution in [3.8, 4) is 12.3 Å². The average molecular weight is 401 g/mol. The minimum absolute atomic E-state index is 0.0535. The highest BCUT2D eigenvalue weighted by molar-refractivity contribution is 6.73. The van der Waals surface area contributed by atoms with Crippen molar-refractivity contribution in [2.75, 3.05) is 0 Å². The third kappa shape index (κ3) is 7.05. The summed E-state index contributed by atoms with van der Waals surface area (Å²) in [5, 5.41) is 10.4. The summed E-state index contributed by atoms with van der Waals surface area (Å²) in [6.07, 6.45) is 8.53. The van der Waals surface area contributed by atoms with Gasteiger partial charge in [0.25, 0.3) is 0 Å². The van der Waals surface area contributed by atoms with Crippen molar-refractivity contribution in [3.63, 3.8) is 0 Å². The van der Waals surface area contributed by atoms with Crippen molar-refractivity contribution in [2.24, 2.45) is 0 Å². The van der Waals surface area contributed by atoms with Gasteiger partial charge in [0.1, 0.15) is 5.60 Å². The first kappa shape index (κ1) is 24.4. The number of hydrogen-bond acceptors (Lipinski definition) is 3. The molecule has 28 heavy (non-hydrogen) atoms. The van der Waals surface area contributed by atoms with Gasteiger partial charge in [0.05, 0.1) is 6.10 Å². The lowest BCUT2D eigenvalue weighted by Crippen LogP contribution is -2.45. The minimum Gasteiger partial charge on any atom is -0.401 e. The molecule has 2 atom stereocenters. The van der Waals surface area contributed by atoms with Crippen LogP contribution in [0.4, 0.5) is 0 Å². The maximum absolute atomic E-state index is 12.3. The molecule has 0 saturated carbocycles. The van der Waals surface area contributed by atoms with Crippen LogP contribution in [0.1, 0.15) is 64.2 Å². The van der Waals surface area contributed by atoms with E-state index in [1.54, 1.807) is 12.1 Å². The molecule has 0 spiro atoms. The zero-order valence-corrected chi connectivity index (χ0v) is 19.1. The van der Waals surface area contributed by atoms with E-state index >= 15 is 0 Å². The summed E-state index contributed by atoms with van der Waals surface area (Å²) >= 11 is 0. The van der Waals surface area contributed by atoms with E-state index in [-0.39, 0.29) is 12.2 Å². The number of allylic oxidation sites excluding steroid dienone is 1. The number of benzene rings is 1. The van der Waals surface area contributed by atoms with Gasteiger partial charge in [-0.15, -0.1) is 6.42 Å². The van der Waals surface area contributed by atoms with E-state index in [1.807, 2.05) is 38.1 Å². The van der Waals surface area contributed by atoms with Gasteiger partial charge in [-0.3, -0.25) is 4.79 Å². The van der Waals surface area contributed by atoms with Gasteiger partial charge in [-0.05, 0) is 50.4 Å². The summed E-state index contributed by atoms with van der Waals surface area (Å²) in [7, 11) is -1.79. The molecule has 1 unspecified atom stereocenters. The largest absolute Gasteiger partial charge is 0.401 e. The van der Waals surface area contributed by atoms with Gasteiger partial charge in [0, 0.05) is 12.0 Å². The van der Waals surface area contributed by atoms with E-state index < -0.39 is 20.0 Å². The monoisotopic (exact) mass is 400 g/mol. The highest BCUT2D eigenvalue weighted by Crippen LogP contribution is 2.30. The number of carbonyl (C=O) groups excluding carboxylic acids is 1. The van der Waals surface area contributed by atoms with Crippen LogP contribution in [0.15, 0.2) is 42.0 Å². The number of ketones is 1. The lowest BCUT2D eigenvalue weighted by Gasteiger charge is -2.37. The molecule has 154 valence electrons. The predicted octanol–water partition coefficient (Wildman–Crippen LogP) is 5.76. The fraction of sp³-hybridized carbons (Fsp3) is 0.542. The molecule has 1 aromatic carbocycles. The Hall–Kier alpha value is -1.67. The molecule has 0 aromatic heterocycles. The second kappa shape index (κ2) is 11.4. The molecule has 0 saturated heterocycles. The molecule has 0 aliphatic heterocycles. The normalized spacial score (nSPS) is 15.5. The second-order valence-electron chi connectivity index (χ2n) is 7.72. The number of aliphatic hydroxyl groups is 1. The Labute approximate surface area is 172 Å². The number of terminal acetylenes is 1. The molecule has 0 aliphatic rings. The molecular formula is C24H36O3Si. The van der Waals surface area contributed by atoms with Crippen molar-refractivity contribution >= 4 is 14.1 Å². The van der Waals surface area contributed by atoms with Crippen LogP contribution in [-0.2, 0) is 4.43 Å². The third-order valence-corrected chi connectivity index (χ3v) is 10.5. The van der Waals surface area contributed by atoms with Crippen molar-refractivity contribution in [3.05, 3.63) is 47.5 Å². The second-order valence-corrected chi connectivity index (χ2v) is 12.4. The molecule has 1 rings (SSSR count). The number of hydrogen-bond donors (Lipinski definition) is 1. The summed E-state index contributed by atoms with van der Waals surface area (Å²) in [6, 6.07) is 12.3. The molecule has 1 aromatic rings. The summed E-state index contributed by atoms with van der Waals surface area (Å²) < 4.78 is 6.54. The van der Waals surface area contributed by atoms with E-state index in [4.69, 9.17) is 10.8 Å². The van der Waals surface area contributed by atoms with Crippen LogP contribution in [0.3, 0.4) is 0 Å². The van der Waals surface area contributed by atoms with Gasteiger partial charge in [0.2, 0.25) is 0 Å². The number of rotatable bonds is 12. The fourth-order valence-corrected chi connectivity index (χ4v) is 6.44. The quantitative estimate of drug-likeness (QED) is 0.210. The number of Topliss-reactive ketones (excluding diaryl/α,β-unsaturated/α-hetero) is 1. The van der Waals surface area contributed by atoms with Crippen molar-refractivity contribution in [1.29, 1.82) is 0 Å². The molecule has 0 aliphatic carbocycles. The first-order chi connectivity index (χ1) is 13.2. The topological polar surface area (TPSA) is 46.5 Å². The Morgan fingerprint density at radius 2 is 1.82 bits per heavy atom. The fourth-order valence-electron chi connectivity index (χ4n) is 3.39. The van der Waals surface area contributed by atoms with E-state index in [9.17, 15) is 9.90 Å². The molecular weight excluding hydrogens is 364 g/mol.